The van der Waals surface area contributed by atoms with Crippen LogP contribution in [0.1, 0.15) is 36.0 Å². The number of nitrogens with zero attached hydrogens (tertiary/aromatic N) is 1. The first kappa shape index (κ1) is 14.0. The second-order valence-corrected chi connectivity index (χ2v) is 5.72. The van der Waals surface area contributed by atoms with Crippen LogP contribution in [0.25, 0.3) is 0 Å². The highest BCUT2D eigenvalue weighted by Gasteiger charge is 2.04. The molecule has 0 saturated heterocycles. The topological polar surface area (TPSA) is 34.1 Å². The smallest absolute Gasteiger partial charge is 0.140 e. The highest BCUT2D eigenvalue weighted by atomic mass is 32.1. The van der Waals surface area contributed by atoms with Gasteiger partial charge in [-0.1, -0.05) is 26.0 Å². The number of hydrogen-bond acceptors (Lipinski definition) is 4. The van der Waals surface area contributed by atoms with Gasteiger partial charge in [0, 0.05) is 11.9 Å². The van der Waals surface area contributed by atoms with E-state index < -0.39 is 0 Å². The first-order valence-electron chi connectivity index (χ1n) is 6.49. The molecule has 0 unspecified atom stereocenters. The maximum atomic E-state index is 5.80. The van der Waals surface area contributed by atoms with Crippen LogP contribution < -0.4 is 10.1 Å². The van der Waals surface area contributed by atoms with Crippen molar-refractivity contribution < 1.29 is 4.74 Å². The lowest BCUT2D eigenvalue weighted by atomic mass is 10.0. The predicted molar refractivity (Wildman–Crippen MR) is 79.7 cm³/mol. The number of nitrogens with one attached hydrogen (secondary N) is 1. The van der Waals surface area contributed by atoms with Gasteiger partial charge in [0.25, 0.3) is 0 Å². The zero-order chi connectivity index (χ0) is 13.7. The number of benzene rings is 1. The third kappa shape index (κ3) is 4.04. The molecule has 0 atom stereocenters. The Kier molecular flexibility index (Phi) is 4.93. The van der Waals surface area contributed by atoms with Crippen LogP contribution in [0.3, 0.4) is 0 Å². The van der Waals surface area contributed by atoms with Crippen molar-refractivity contribution in [3.05, 3.63) is 45.9 Å². The third-order valence-electron chi connectivity index (χ3n) is 2.84. The van der Waals surface area contributed by atoms with Crippen LogP contribution in [0, 0.1) is 0 Å². The molecular formula is C15H20N2OS. The van der Waals surface area contributed by atoms with Gasteiger partial charge in [0.1, 0.15) is 17.4 Å². The minimum Gasteiger partial charge on any atom is -0.486 e. The molecule has 1 heterocycles. The fourth-order valence-corrected chi connectivity index (χ4v) is 2.49. The summed E-state index contributed by atoms with van der Waals surface area (Å²) in [6.45, 7) is 5.71. The van der Waals surface area contributed by atoms with Crippen molar-refractivity contribution in [2.45, 2.75) is 32.9 Å². The van der Waals surface area contributed by atoms with Gasteiger partial charge in [-0.3, -0.25) is 0 Å². The normalized spacial score (nSPS) is 10.9. The van der Waals surface area contributed by atoms with Crippen LogP contribution in [0.2, 0.25) is 0 Å². The van der Waals surface area contributed by atoms with Crippen molar-refractivity contribution in [1.82, 2.24) is 10.3 Å². The highest BCUT2D eigenvalue weighted by molar-refractivity contribution is 7.09. The molecule has 3 nitrogen and oxygen atoms in total. The van der Waals surface area contributed by atoms with Gasteiger partial charge < -0.3 is 10.1 Å². The lowest BCUT2D eigenvalue weighted by Crippen LogP contribution is -2.05. The zero-order valence-electron chi connectivity index (χ0n) is 11.6. The van der Waals surface area contributed by atoms with Crippen molar-refractivity contribution in [2.24, 2.45) is 0 Å². The Balaban J connectivity index is 1.95. The van der Waals surface area contributed by atoms with Crippen molar-refractivity contribution in [1.29, 1.82) is 0 Å². The molecule has 19 heavy (non-hydrogen) atoms. The summed E-state index contributed by atoms with van der Waals surface area (Å²) in [5.41, 5.74) is 2.37. The van der Waals surface area contributed by atoms with Gasteiger partial charge in [-0.15, -0.1) is 11.3 Å². The van der Waals surface area contributed by atoms with E-state index in [1.54, 1.807) is 11.3 Å². The van der Waals surface area contributed by atoms with Crippen molar-refractivity contribution in [2.75, 3.05) is 7.05 Å². The Morgan fingerprint density at radius 1 is 1.37 bits per heavy atom. The molecule has 102 valence electrons. The SMILES string of the molecule is CNCc1csc(COc2cccc(C(C)C)c2)n1. The molecule has 0 saturated carbocycles. The lowest BCUT2D eigenvalue weighted by molar-refractivity contribution is 0.305. The predicted octanol–water partition coefficient (Wildman–Crippen LogP) is 3.56. The maximum Gasteiger partial charge on any atom is 0.140 e. The molecule has 1 aromatic heterocycles. The molecule has 0 spiro atoms. The number of aromatic nitrogens is 1. The highest BCUT2D eigenvalue weighted by Crippen LogP contribution is 2.21. The molecule has 1 N–H and O–H groups in total. The van der Waals surface area contributed by atoms with Crippen molar-refractivity contribution in [3.63, 3.8) is 0 Å². The summed E-state index contributed by atoms with van der Waals surface area (Å²) < 4.78 is 5.80. The van der Waals surface area contributed by atoms with Gasteiger partial charge >= 0.3 is 0 Å². The first-order chi connectivity index (χ1) is 9.19. The standard InChI is InChI=1S/C15H20N2OS/c1-11(2)12-5-4-6-14(7-12)18-9-15-17-13(8-16-3)10-19-15/h4-7,10-11,16H,8-9H2,1-3H3. The molecule has 0 amide bonds. The molecule has 0 aliphatic rings. The lowest BCUT2D eigenvalue weighted by Gasteiger charge is -2.08. The first-order valence-corrected chi connectivity index (χ1v) is 7.37. The zero-order valence-corrected chi connectivity index (χ0v) is 12.5. The van der Waals surface area contributed by atoms with Gasteiger partial charge in [0.05, 0.1) is 5.69 Å². The molecule has 4 heteroatoms. The Morgan fingerprint density at radius 3 is 2.95 bits per heavy atom. The van der Waals surface area contributed by atoms with Crippen LogP contribution in [0.4, 0.5) is 0 Å². The van der Waals surface area contributed by atoms with Crippen molar-refractivity contribution in [3.8, 4) is 5.75 Å². The summed E-state index contributed by atoms with van der Waals surface area (Å²) in [5, 5.41) is 6.18. The van der Waals surface area contributed by atoms with E-state index in [1.165, 1.54) is 5.56 Å². The Morgan fingerprint density at radius 2 is 2.21 bits per heavy atom. The molecule has 2 rings (SSSR count). The Bertz CT molecular complexity index is 522. The van der Waals surface area contributed by atoms with Crippen molar-refractivity contribution >= 4 is 11.3 Å². The van der Waals surface area contributed by atoms with Crippen LogP contribution in [-0.2, 0) is 13.2 Å². The summed E-state index contributed by atoms with van der Waals surface area (Å²) in [7, 11) is 1.92. The summed E-state index contributed by atoms with van der Waals surface area (Å²) in [6, 6.07) is 8.27. The average molecular weight is 276 g/mol. The monoisotopic (exact) mass is 276 g/mol. The number of rotatable bonds is 6. The molecule has 0 aliphatic carbocycles. The Labute approximate surface area is 118 Å². The molecular weight excluding hydrogens is 256 g/mol. The van der Waals surface area contributed by atoms with Crippen LogP contribution in [0.5, 0.6) is 5.75 Å². The fourth-order valence-electron chi connectivity index (χ4n) is 1.79. The van der Waals surface area contributed by atoms with E-state index in [-0.39, 0.29) is 0 Å². The number of hydrogen-bond donors (Lipinski definition) is 1. The molecule has 0 bridgehead atoms. The number of thiazole rings is 1. The summed E-state index contributed by atoms with van der Waals surface area (Å²) >= 11 is 1.64. The fraction of sp³-hybridized carbons (Fsp3) is 0.400. The summed E-state index contributed by atoms with van der Waals surface area (Å²) in [6.07, 6.45) is 0. The number of ether oxygens (including phenoxy) is 1. The van der Waals surface area contributed by atoms with Gasteiger partial charge in [-0.25, -0.2) is 4.98 Å². The van der Waals surface area contributed by atoms with Crippen LogP contribution >= 0.6 is 11.3 Å². The van der Waals surface area contributed by atoms with E-state index >= 15 is 0 Å². The molecule has 0 radical (unpaired) electrons. The second-order valence-electron chi connectivity index (χ2n) is 4.78. The van der Waals surface area contributed by atoms with E-state index in [9.17, 15) is 0 Å². The molecule has 1 aromatic carbocycles. The minimum atomic E-state index is 0.519. The third-order valence-corrected chi connectivity index (χ3v) is 3.72. The van der Waals surface area contributed by atoms with E-state index in [0.717, 1.165) is 23.0 Å². The second kappa shape index (κ2) is 6.68. The summed E-state index contributed by atoms with van der Waals surface area (Å²) in [5.74, 6) is 1.43. The molecule has 0 aliphatic heterocycles. The van der Waals surface area contributed by atoms with E-state index in [1.807, 2.05) is 19.2 Å². The van der Waals surface area contributed by atoms with Gasteiger partial charge in [-0.05, 0) is 30.7 Å². The molecule has 2 aromatic rings. The Hall–Kier alpha value is -1.39. The van der Waals surface area contributed by atoms with E-state index in [0.29, 0.717) is 12.5 Å². The molecule has 0 fully saturated rings. The quantitative estimate of drug-likeness (QED) is 0.876. The minimum absolute atomic E-state index is 0.519. The van der Waals surface area contributed by atoms with E-state index in [4.69, 9.17) is 4.74 Å². The van der Waals surface area contributed by atoms with Gasteiger partial charge in [0.2, 0.25) is 0 Å². The maximum absolute atomic E-state index is 5.80. The van der Waals surface area contributed by atoms with Gasteiger partial charge in [-0.2, -0.15) is 0 Å². The van der Waals surface area contributed by atoms with Gasteiger partial charge in [0.15, 0.2) is 0 Å². The average Bonchev–Trinajstić information content (AvgIpc) is 2.85. The van der Waals surface area contributed by atoms with Crippen LogP contribution in [-0.4, -0.2) is 12.0 Å². The van der Waals surface area contributed by atoms with Crippen LogP contribution in [0.15, 0.2) is 29.6 Å². The summed E-state index contributed by atoms with van der Waals surface area (Å²) in [4.78, 5) is 4.50. The largest absolute Gasteiger partial charge is 0.486 e. The van der Waals surface area contributed by atoms with E-state index in [2.05, 4.69) is 41.7 Å².